The largest absolute Gasteiger partial charge is 0.508 e. The smallest absolute Gasteiger partial charge is 0.202 e. The van der Waals surface area contributed by atoms with E-state index in [9.17, 15) is 9.90 Å². The van der Waals surface area contributed by atoms with Gasteiger partial charge in [0.15, 0.2) is 5.58 Å². The highest BCUT2D eigenvalue weighted by Crippen LogP contribution is 2.33. The Labute approximate surface area is 157 Å². The van der Waals surface area contributed by atoms with E-state index in [0.717, 1.165) is 16.3 Å². The van der Waals surface area contributed by atoms with E-state index >= 15 is 0 Å². The first kappa shape index (κ1) is 15.8. The van der Waals surface area contributed by atoms with Gasteiger partial charge in [0.05, 0.1) is 22.2 Å². The van der Waals surface area contributed by atoms with Gasteiger partial charge in [-0.3, -0.25) is 4.79 Å². The molecule has 3 aromatic heterocycles. The van der Waals surface area contributed by atoms with Crippen LogP contribution in [-0.4, -0.2) is 15.1 Å². The summed E-state index contributed by atoms with van der Waals surface area (Å²) < 4.78 is 6.13. The van der Waals surface area contributed by atoms with Crippen molar-refractivity contribution in [3.05, 3.63) is 81.6 Å². The summed E-state index contributed by atoms with van der Waals surface area (Å²) in [6.07, 6.45) is 2.26. The molecular weight excluding hydrogens is 360 g/mol. The Hall–Kier alpha value is -3.38. The normalized spacial score (nSPS) is 11.4. The predicted molar refractivity (Wildman–Crippen MR) is 106 cm³/mol. The predicted octanol–water partition coefficient (Wildman–Crippen LogP) is 4.69. The van der Waals surface area contributed by atoms with Crippen molar-refractivity contribution in [2.45, 2.75) is 6.42 Å². The first-order valence-electron chi connectivity index (χ1n) is 8.45. The maximum absolute atomic E-state index is 13.2. The molecule has 0 saturated heterocycles. The van der Waals surface area contributed by atoms with Gasteiger partial charge >= 0.3 is 0 Å². The number of aromatic hydroxyl groups is 1. The second kappa shape index (κ2) is 6.10. The number of aromatic nitrogens is 2. The molecule has 0 aliphatic heterocycles. The molecule has 0 amide bonds. The maximum Gasteiger partial charge on any atom is 0.202 e. The zero-order valence-corrected chi connectivity index (χ0v) is 14.9. The summed E-state index contributed by atoms with van der Waals surface area (Å²) in [5.74, 6) is 0.219. The standard InChI is InChI=1S/C21H14N2O3S/c24-13-7-5-12(6-8-13)11-15-20-17(18(23-15)21-22-9-10-27-21)19(25)14-3-1-2-4-16(14)26-20/h1-10,23-24H,11H2. The Morgan fingerprint density at radius 3 is 2.70 bits per heavy atom. The van der Waals surface area contributed by atoms with Crippen molar-refractivity contribution in [3.8, 4) is 16.5 Å². The van der Waals surface area contributed by atoms with Crippen LogP contribution in [0.3, 0.4) is 0 Å². The topological polar surface area (TPSA) is 79.1 Å². The van der Waals surface area contributed by atoms with Crippen LogP contribution in [0.1, 0.15) is 11.3 Å². The van der Waals surface area contributed by atoms with Crippen LogP contribution in [0.15, 0.2) is 69.3 Å². The van der Waals surface area contributed by atoms with Crippen LogP contribution in [0, 0.1) is 0 Å². The lowest BCUT2D eigenvalue weighted by Gasteiger charge is -2.02. The van der Waals surface area contributed by atoms with Crippen molar-refractivity contribution < 1.29 is 9.52 Å². The van der Waals surface area contributed by atoms with Crippen molar-refractivity contribution >= 4 is 33.3 Å². The summed E-state index contributed by atoms with van der Waals surface area (Å²) in [6.45, 7) is 0. The Kier molecular flexibility index (Phi) is 3.58. The van der Waals surface area contributed by atoms with Gasteiger partial charge in [0.25, 0.3) is 0 Å². The molecule has 0 saturated carbocycles. The lowest BCUT2D eigenvalue weighted by atomic mass is 10.1. The van der Waals surface area contributed by atoms with Crippen LogP contribution in [0.4, 0.5) is 0 Å². The second-order valence-corrected chi connectivity index (χ2v) is 7.19. The molecule has 132 valence electrons. The summed E-state index contributed by atoms with van der Waals surface area (Å²) >= 11 is 1.47. The maximum atomic E-state index is 13.2. The number of thiazole rings is 1. The van der Waals surface area contributed by atoms with Gasteiger partial charge in [-0.25, -0.2) is 4.98 Å². The number of benzene rings is 2. The van der Waals surface area contributed by atoms with E-state index in [0.29, 0.717) is 34.1 Å². The van der Waals surface area contributed by atoms with E-state index < -0.39 is 0 Å². The molecule has 0 atom stereocenters. The number of hydrogen-bond donors (Lipinski definition) is 2. The lowest BCUT2D eigenvalue weighted by Crippen LogP contribution is -2.02. The second-order valence-electron chi connectivity index (χ2n) is 6.29. The highest BCUT2D eigenvalue weighted by molar-refractivity contribution is 7.13. The van der Waals surface area contributed by atoms with Gasteiger partial charge in [0, 0.05) is 18.0 Å². The molecule has 0 spiro atoms. The minimum absolute atomic E-state index is 0.0646. The van der Waals surface area contributed by atoms with E-state index in [2.05, 4.69) is 9.97 Å². The number of phenolic OH excluding ortho intramolecular Hbond substituents is 1. The van der Waals surface area contributed by atoms with Gasteiger partial charge in [-0.15, -0.1) is 11.3 Å². The number of para-hydroxylation sites is 1. The van der Waals surface area contributed by atoms with Crippen LogP contribution in [0.2, 0.25) is 0 Å². The first-order chi connectivity index (χ1) is 13.2. The fraction of sp³-hybridized carbons (Fsp3) is 0.0476. The third-order valence-corrected chi connectivity index (χ3v) is 5.35. The van der Waals surface area contributed by atoms with E-state index in [1.54, 1.807) is 30.5 Å². The molecule has 5 aromatic rings. The first-order valence-corrected chi connectivity index (χ1v) is 9.33. The highest BCUT2D eigenvalue weighted by atomic mass is 32.1. The van der Waals surface area contributed by atoms with Crippen molar-refractivity contribution in [1.29, 1.82) is 0 Å². The molecule has 3 heterocycles. The molecule has 0 aliphatic carbocycles. The molecule has 5 rings (SSSR count). The Bertz CT molecular complexity index is 1320. The SMILES string of the molecule is O=c1c2ccccc2oc2c(Cc3ccc(O)cc3)[nH]c(-c3nccs3)c12. The Morgan fingerprint density at radius 1 is 1.11 bits per heavy atom. The number of H-pyrrole nitrogens is 1. The van der Waals surface area contributed by atoms with E-state index in [4.69, 9.17) is 4.42 Å². The average molecular weight is 374 g/mol. The van der Waals surface area contributed by atoms with Gasteiger partial charge in [0.2, 0.25) is 5.43 Å². The number of phenols is 1. The molecule has 2 aromatic carbocycles. The molecule has 6 heteroatoms. The summed E-state index contributed by atoms with van der Waals surface area (Å²) in [6, 6.07) is 14.3. The lowest BCUT2D eigenvalue weighted by molar-refractivity contribution is 0.475. The van der Waals surface area contributed by atoms with Gasteiger partial charge in [-0.05, 0) is 29.8 Å². The van der Waals surface area contributed by atoms with Crippen LogP contribution in [0.25, 0.3) is 32.6 Å². The number of fused-ring (bicyclic) bond motifs is 2. The van der Waals surface area contributed by atoms with Crippen LogP contribution in [-0.2, 0) is 6.42 Å². The number of rotatable bonds is 3. The molecule has 0 radical (unpaired) electrons. The van der Waals surface area contributed by atoms with Crippen LogP contribution < -0.4 is 5.43 Å². The van der Waals surface area contributed by atoms with Gasteiger partial charge in [-0.1, -0.05) is 24.3 Å². The number of nitrogens with zero attached hydrogens (tertiary/aromatic N) is 1. The molecule has 0 unspecified atom stereocenters. The van der Waals surface area contributed by atoms with Gasteiger partial charge in [-0.2, -0.15) is 0 Å². The molecule has 5 nitrogen and oxygen atoms in total. The fourth-order valence-electron chi connectivity index (χ4n) is 3.30. The summed E-state index contributed by atoms with van der Waals surface area (Å²) in [4.78, 5) is 20.9. The van der Waals surface area contributed by atoms with Gasteiger partial charge < -0.3 is 14.5 Å². The fourth-order valence-corrected chi connectivity index (χ4v) is 3.94. The third kappa shape index (κ3) is 2.62. The number of aromatic amines is 1. The van der Waals surface area contributed by atoms with Crippen molar-refractivity contribution in [2.24, 2.45) is 0 Å². The van der Waals surface area contributed by atoms with Crippen LogP contribution in [0.5, 0.6) is 5.75 Å². The molecular formula is C21H14N2O3S. The minimum atomic E-state index is -0.0646. The van der Waals surface area contributed by atoms with Crippen LogP contribution >= 0.6 is 11.3 Å². The zero-order valence-electron chi connectivity index (χ0n) is 14.1. The molecule has 0 fully saturated rings. The molecule has 0 bridgehead atoms. The molecule has 27 heavy (non-hydrogen) atoms. The summed E-state index contributed by atoms with van der Waals surface area (Å²) in [5.41, 5.74) is 3.54. The van der Waals surface area contributed by atoms with Gasteiger partial charge in [0.1, 0.15) is 16.3 Å². The number of nitrogens with one attached hydrogen (secondary N) is 1. The van der Waals surface area contributed by atoms with E-state index in [-0.39, 0.29) is 11.2 Å². The third-order valence-electron chi connectivity index (χ3n) is 4.56. The Morgan fingerprint density at radius 2 is 1.93 bits per heavy atom. The average Bonchev–Trinajstić information content (AvgIpc) is 3.32. The molecule has 0 aliphatic rings. The van der Waals surface area contributed by atoms with Crippen molar-refractivity contribution in [2.75, 3.05) is 0 Å². The van der Waals surface area contributed by atoms with Crippen molar-refractivity contribution in [1.82, 2.24) is 9.97 Å². The highest BCUT2D eigenvalue weighted by Gasteiger charge is 2.20. The van der Waals surface area contributed by atoms with E-state index in [1.165, 1.54) is 11.3 Å². The van der Waals surface area contributed by atoms with E-state index in [1.807, 2.05) is 29.6 Å². The zero-order chi connectivity index (χ0) is 18.4. The quantitative estimate of drug-likeness (QED) is 0.480. The van der Waals surface area contributed by atoms with Crippen molar-refractivity contribution in [3.63, 3.8) is 0 Å². The summed E-state index contributed by atoms with van der Waals surface area (Å²) in [5, 5.41) is 13.2. The summed E-state index contributed by atoms with van der Waals surface area (Å²) in [7, 11) is 0. The minimum Gasteiger partial charge on any atom is -0.508 e. The molecule has 2 N–H and O–H groups in total. The number of hydrogen-bond acceptors (Lipinski definition) is 5. The monoisotopic (exact) mass is 374 g/mol. The Balaban J connectivity index is 1.80.